The molecule has 4 rings (SSSR count). The van der Waals surface area contributed by atoms with Gasteiger partial charge in [0.25, 0.3) is 5.91 Å². The van der Waals surface area contributed by atoms with E-state index < -0.39 is 0 Å². The van der Waals surface area contributed by atoms with Crippen molar-refractivity contribution < 1.29 is 9.59 Å². The smallest absolute Gasteiger partial charge is 0.255 e. The molecule has 1 aromatic heterocycles. The summed E-state index contributed by atoms with van der Waals surface area (Å²) in [7, 11) is 0. The second-order valence-electron chi connectivity index (χ2n) is 8.79. The van der Waals surface area contributed by atoms with Crippen molar-refractivity contribution in [2.24, 2.45) is 0 Å². The zero-order valence-corrected chi connectivity index (χ0v) is 18.6. The van der Waals surface area contributed by atoms with Crippen LogP contribution in [-0.4, -0.2) is 58.7 Å². The molecule has 166 valence electrons. The molecular formula is C24H33N5O2. The van der Waals surface area contributed by atoms with Crippen molar-refractivity contribution in [3.8, 4) is 5.69 Å². The second kappa shape index (κ2) is 9.64. The number of benzene rings is 1. The first-order chi connectivity index (χ1) is 15.1. The Labute approximate surface area is 184 Å². The van der Waals surface area contributed by atoms with E-state index in [0.717, 1.165) is 68.7 Å². The number of para-hydroxylation sites is 1. The van der Waals surface area contributed by atoms with Crippen molar-refractivity contribution in [1.29, 1.82) is 0 Å². The van der Waals surface area contributed by atoms with Crippen LogP contribution in [0.5, 0.6) is 0 Å². The number of carbonyl (C=O) groups excluding carboxylic acids is 2. The lowest BCUT2D eigenvalue weighted by Gasteiger charge is -2.31. The van der Waals surface area contributed by atoms with Crippen LogP contribution in [0.15, 0.2) is 30.5 Å². The minimum Gasteiger partial charge on any atom is -0.355 e. The molecule has 1 aromatic carbocycles. The Morgan fingerprint density at radius 3 is 2.55 bits per heavy atom. The number of hydrogen-bond acceptors (Lipinski definition) is 4. The van der Waals surface area contributed by atoms with Crippen LogP contribution in [0.25, 0.3) is 5.69 Å². The van der Waals surface area contributed by atoms with E-state index in [1.165, 1.54) is 0 Å². The molecule has 2 fully saturated rings. The molecule has 0 atom stereocenters. The number of aromatic nitrogens is 2. The molecule has 1 saturated carbocycles. The van der Waals surface area contributed by atoms with Crippen molar-refractivity contribution in [2.75, 3.05) is 26.2 Å². The van der Waals surface area contributed by atoms with E-state index in [2.05, 4.69) is 39.7 Å². The number of nitrogens with zero attached hydrogens (tertiary/aromatic N) is 3. The predicted octanol–water partition coefficient (Wildman–Crippen LogP) is 2.78. The highest BCUT2D eigenvalue weighted by molar-refractivity contribution is 5.95. The van der Waals surface area contributed by atoms with Crippen molar-refractivity contribution in [2.45, 2.75) is 57.9 Å². The molecule has 7 heteroatoms. The average molecular weight is 424 g/mol. The average Bonchev–Trinajstić information content (AvgIpc) is 3.52. The number of nitrogens with one attached hydrogen (secondary N) is 2. The maximum Gasteiger partial charge on any atom is 0.255 e. The van der Waals surface area contributed by atoms with Gasteiger partial charge in [0, 0.05) is 31.6 Å². The van der Waals surface area contributed by atoms with Crippen molar-refractivity contribution in [3.63, 3.8) is 0 Å². The van der Waals surface area contributed by atoms with Gasteiger partial charge in [0.15, 0.2) is 0 Å². The highest BCUT2D eigenvalue weighted by Crippen LogP contribution is 2.42. The normalized spacial score (nSPS) is 17.5. The highest BCUT2D eigenvalue weighted by atomic mass is 16.2. The summed E-state index contributed by atoms with van der Waals surface area (Å²) in [6.07, 6.45) is 6.60. The van der Waals surface area contributed by atoms with Crippen LogP contribution in [0.1, 0.15) is 66.6 Å². The van der Waals surface area contributed by atoms with Gasteiger partial charge in [0.2, 0.25) is 5.91 Å². The van der Waals surface area contributed by atoms with E-state index in [9.17, 15) is 9.59 Å². The van der Waals surface area contributed by atoms with Gasteiger partial charge in [-0.2, -0.15) is 5.10 Å². The summed E-state index contributed by atoms with van der Waals surface area (Å²) in [6, 6.07) is 8.30. The summed E-state index contributed by atoms with van der Waals surface area (Å²) in [5.41, 5.74) is 3.93. The molecule has 2 amide bonds. The molecule has 1 saturated heterocycles. The number of hydrogen-bond donors (Lipinski definition) is 2. The standard InChI is InChI=1S/C24H33N5O2/c1-3-12-25-22(30)16-28-13-10-19(11-14-28)27-24(31)20-15-26-29(23(20)18-8-9-18)21-7-5-4-6-17(21)2/h4-7,15,18-19H,3,8-14,16H2,1-2H3,(H,25,30)(H,27,31). The van der Waals surface area contributed by atoms with Crippen molar-refractivity contribution >= 4 is 11.8 Å². The topological polar surface area (TPSA) is 79.3 Å². The van der Waals surface area contributed by atoms with Gasteiger partial charge in [-0.25, -0.2) is 4.68 Å². The summed E-state index contributed by atoms with van der Waals surface area (Å²) in [5, 5.41) is 10.7. The predicted molar refractivity (Wildman–Crippen MR) is 121 cm³/mol. The highest BCUT2D eigenvalue weighted by Gasteiger charge is 2.34. The van der Waals surface area contributed by atoms with E-state index in [0.29, 0.717) is 18.0 Å². The van der Waals surface area contributed by atoms with Crippen molar-refractivity contribution in [1.82, 2.24) is 25.3 Å². The third-order valence-corrected chi connectivity index (χ3v) is 6.22. The molecule has 2 aromatic rings. The fourth-order valence-electron chi connectivity index (χ4n) is 4.30. The number of aryl methyl sites for hydroxylation is 1. The molecule has 2 heterocycles. The first-order valence-electron chi connectivity index (χ1n) is 11.5. The lowest BCUT2D eigenvalue weighted by Crippen LogP contribution is -2.47. The molecule has 7 nitrogen and oxygen atoms in total. The Morgan fingerprint density at radius 2 is 1.87 bits per heavy atom. The first kappa shape index (κ1) is 21.6. The van der Waals surface area contributed by atoms with Crippen LogP contribution < -0.4 is 10.6 Å². The second-order valence-corrected chi connectivity index (χ2v) is 8.79. The molecule has 1 aliphatic heterocycles. The largest absolute Gasteiger partial charge is 0.355 e. The third-order valence-electron chi connectivity index (χ3n) is 6.22. The molecule has 0 bridgehead atoms. The van der Waals surface area contributed by atoms with Gasteiger partial charge < -0.3 is 10.6 Å². The van der Waals surface area contributed by atoms with Crippen LogP contribution in [-0.2, 0) is 4.79 Å². The fourth-order valence-corrected chi connectivity index (χ4v) is 4.30. The molecule has 31 heavy (non-hydrogen) atoms. The number of rotatable bonds is 8. The Bertz CT molecular complexity index is 926. The Morgan fingerprint density at radius 1 is 1.13 bits per heavy atom. The van der Waals surface area contributed by atoms with E-state index in [1.807, 2.05) is 23.7 Å². The molecule has 1 aliphatic carbocycles. The molecule has 0 radical (unpaired) electrons. The van der Waals surface area contributed by atoms with Gasteiger partial charge in [-0.05, 0) is 50.7 Å². The van der Waals surface area contributed by atoms with Gasteiger partial charge >= 0.3 is 0 Å². The van der Waals surface area contributed by atoms with Crippen molar-refractivity contribution in [3.05, 3.63) is 47.3 Å². The van der Waals surface area contributed by atoms with Gasteiger partial charge in [-0.3, -0.25) is 14.5 Å². The van der Waals surface area contributed by atoms with E-state index in [1.54, 1.807) is 6.20 Å². The zero-order chi connectivity index (χ0) is 21.8. The molecule has 0 spiro atoms. The minimum absolute atomic E-state index is 0.0270. The summed E-state index contributed by atoms with van der Waals surface area (Å²) >= 11 is 0. The third kappa shape index (κ3) is 5.15. The maximum absolute atomic E-state index is 13.1. The Hall–Kier alpha value is -2.67. The lowest BCUT2D eigenvalue weighted by molar-refractivity contribution is -0.122. The molecule has 2 aliphatic rings. The van der Waals surface area contributed by atoms with Crippen LogP contribution in [0.3, 0.4) is 0 Å². The Kier molecular flexibility index (Phi) is 6.70. The van der Waals surface area contributed by atoms with E-state index in [-0.39, 0.29) is 17.9 Å². The fraction of sp³-hybridized carbons (Fsp3) is 0.542. The Balaban J connectivity index is 1.38. The van der Waals surface area contributed by atoms with Gasteiger partial charge in [0.1, 0.15) is 0 Å². The van der Waals surface area contributed by atoms with Gasteiger partial charge in [0.05, 0.1) is 29.7 Å². The van der Waals surface area contributed by atoms with Crippen LogP contribution >= 0.6 is 0 Å². The number of likely N-dealkylation sites (tertiary alicyclic amines) is 1. The molecule has 0 unspecified atom stereocenters. The monoisotopic (exact) mass is 423 g/mol. The molecule has 2 N–H and O–H groups in total. The van der Waals surface area contributed by atoms with Crippen LogP contribution in [0, 0.1) is 6.92 Å². The maximum atomic E-state index is 13.1. The summed E-state index contributed by atoms with van der Waals surface area (Å²) < 4.78 is 1.96. The minimum atomic E-state index is -0.0270. The summed E-state index contributed by atoms with van der Waals surface area (Å²) in [5.74, 6) is 0.467. The lowest BCUT2D eigenvalue weighted by atomic mass is 10.0. The number of piperidine rings is 1. The number of amides is 2. The zero-order valence-electron chi connectivity index (χ0n) is 18.6. The van der Waals surface area contributed by atoms with E-state index >= 15 is 0 Å². The SMILES string of the molecule is CCCNC(=O)CN1CCC(NC(=O)c2cnn(-c3ccccc3C)c2C2CC2)CC1. The summed E-state index contributed by atoms with van der Waals surface area (Å²) in [6.45, 7) is 6.93. The van der Waals surface area contributed by atoms with Gasteiger partial charge in [-0.1, -0.05) is 25.1 Å². The molecular weight excluding hydrogens is 390 g/mol. The van der Waals surface area contributed by atoms with Crippen LogP contribution in [0.2, 0.25) is 0 Å². The quantitative estimate of drug-likeness (QED) is 0.684. The number of carbonyl (C=O) groups is 2. The van der Waals surface area contributed by atoms with E-state index in [4.69, 9.17) is 0 Å². The summed E-state index contributed by atoms with van der Waals surface area (Å²) in [4.78, 5) is 27.2. The van der Waals surface area contributed by atoms with Gasteiger partial charge in [-0.15, -0.1) is 0 Å². The van der Waals surface area contributed by atoms with Crippen LogP contribution in [0.4, 0.5) is 0 Å². The first-order valence-corrected chi connectivity index (χ1v) is 11.5.